The van der Waals surface area contributed by atoms with Crippen molar-refractivity contribution in [3.63, 3.8) is 0 Å². The van der Waals surface area contributed by atoms with E-state index < -0.39 is 6.10 Å². The average molecular weight is 193 g/mol. The Morgan fingerprint density at radius 3 is 2.50 bits per heavy atom. The Balaban J connectivity index is 2.22. The second kappa shape index (κ2) is 3.19. The molecule has 1 heterocycles. The number of rotatable bonds is 1. The number of hydrogen-bond acceptors (Lipinski definition) is 5. The maximum absolute atomic E-state index is 9.34. The van der Waals surface area contributed by atoms with Crippen LogP contribution in [0.15, 0.2) is 29.4 Å². The van der Waals surface area contributed by atoms with Crippen LogP contribution in [-0.2, 0) is 0 Å². The lowest BCUT2D eigenvalue weighted by molar-refractivity contribution is 0.254. The number of amidine groups is 1. The summed E-state index contributed by atoms with van der Waals surface area (Å²) in [6.07, 6.45) is -0.705. The number of β-amino-alcohol motifs (C(OH)–C–C–N with tert-alkyl or cyclic N) is 1. The molecule has 5 nitrogen and oxygen atoms in total. The van der Waals surface area contributed by atoms with Crippen LogP contribution in [0.2, 0.25) is 0 Å². The van der Waals surface area contributed by atoms with Crippen LogP contribution in [0, 0.1) is 0 Å². The first-order chi connectivity index (χ1) is 6.66. The first-order valence-corrected chi connectivity index (χ1v) is 4.25. The molecular weight excluding hydrogens is 182 g/mol. The summed E-state index contributed by atoms with van der Waals surface area (Å²) < 4.78 is 0. The third-order valence-corrected chi connectivity index (χ3v) is 2.07. The topological polar surface area (TPSA) is 82.1 Å². The molecule has 0 aromatic heterocycles. The van der Waals surface area contributed by atoms with Gasteiger partial charge in [-0.1, -0.05) is 0 Å². The van der Waals surface area contributed by atoms with Crippen LogP contribution in [0.25, 0.3) is 0 Å². The number of aromatic hydroxyl groups is 1. The highest BCUT2D eigenvalue weighted by Crippen LogP contribution is 2.21. The number of phenolic OH excluding ortho intramolecular Hbond substituents is 1. The maximum atomic E-state index is 9.34. The third-order valence-electron chi connectivity index (χ3n) is 2.07. The molecule has 14 heavy (non-hydrogen) atoms. The number of aliphatic hydroxyl groups is 1. The zero-order chi connectivity index (χ0) is 10.1. The second-order valence-electron chi connectivity index (χ2n) is 3.14. The van der Waals surface area contributed by atoms with Crippen molar-refractivity contribution in [1.29, 1.82) is 0 Å². The standard InChI is InChI=1S/C9H11N3O2/c10-9-8(14)5-12(11-9)6-1-3-7(13)4-2-6/h1-4,8,13-14H,5H2,(H2,10,11). The molecule has 1 atom stereocenters. The van der Waals surface area contributed by atoms with E-state index in [1.165, 1.54) is 0 Å². The van der Waals surface area contributed by atoms with E-state index in [1.807, 2.05) is 0 Å². The summed E-state index contributed by atoms with van der Waals surface area (Å²) in [6.45, 7) is 0.358. The van der Waals surface area contributed by atoms with Gasteiger partial charge in [0.1, 0.15) is 11.9 Å². The minimum atomic E-state index is -0.705. The first kappa shape index (κ1) is 8.83. The van der Waals surface area contributed by atoms with Crippen LogP contribution < -0.4 is 10.7 Å². The molecule has 0 fully saturated rings. The minimum absolute atomic E-state index is 0.199. The number of phenols is 1. The Morgan fingerprint density at radius 1 is 1.36 bits per heavy atom. The van der Waals surface area contributed by atoms with Crippen molar-refractivity contribution in [3.8, 4) is 5.75 Å². The molecule has 0 radical (unpaired) electrons. The number of benzene rings is 1. The molecule has 1 unspecified atom stereocenters. The van der Waals surface area contributed by atoms with Crippen molar-refractivity contribution in [3.05, 3.63) is 24.3 Å². The highest BCUT2D eigenvalue weighted by Gasteiger charge is 2.22. The summed E-state index contributed by atoms with van der Waals surface area (Å²) in [5.74, 6) is 0.420. The molecule has 74 valence electrons. The van der Waals surface area contributed by atoms with Gasteiger partial charge >= 0.3 is 0 Å². The Morgan fingerprint density at radius 2 is 2.00 bits per heavy atom. The van der Waals surface area contributed by atoms with Gasteiger partial charge in [0.05, 0.1) is 12.2 Å². The van der Waals surface area contributed by atoms with Crippen LogP contribution in [0.3, 0.4) is 0 Å². The number of aliphatic hydroxyl groups excluding tert-OH is 1. The summed E-state index contributed by atoms with van der Waals surface area (Å²) in [7, 11) is 0. The Bertz CT molecular complexity index is 361. The summed E-state index contributed by atoms with van der Waals surface area (Å²) in [4.78, 5) is 0. The fourth-order valence-electron chi connectivity index (χ4n) is 1.29. The minimum Gasteiger partial charge on any atom is -0.508 e. The summed E-state index contributed by atoms with van der Waals surface area (Å²) >= 11 is 0. The predicted molar refractivity (Wildman–Crippen MR) is 53.1 cm³/mol. The molecule has 0 amide bonds. The van der Waals surface area contributed by atoms with Crippen LogP contribution >= 0.6 is 0 Å². The lowest BCUT2D eigenvalue weighted by Crippen LogP contribution is -2.28. The molecule has 1 aromatic carbocycles. The van der Waals surface area contributed by atoms with Crippen molar-refractivity contribution in [2.24, 2.45) is 10.8 Å². The Labute approximate surface area is 81.1 Å². The van der Waals surface area contributed by atoms with E-state index in [0.29, 0.717) is 6.54 Å². The molecule has 5 heteroatoms. The van der Waals surface area contributed by atoms with E-state index in [9.17, 15) is 5.11 Å². The van der Waals surface area contributed by atoms with Crippen molar-refractivity contribution < 1.29 is 10.2 Å². The molecule has 1 aromatic rings. The smallest absolute Gasteiger partial charge is 0.151 e. The first-order valence-electron chi connectivity index (χ1n) is 4.25. The average Bonchev–Trinajstić information content (AvgIpc) is 2.48. The fraction of sp³-hybridized carbons (Fsp3) is 0.222. The van der Waals surface area contributed by atoms with Gasteiger partial charge in [0, 0.05) is 0 Å². The number of nitrogens with zero attached hydrogens (tertiary/aromatic N) is 2. The van der Waals surface area contributed by atoms with Gasteiger partial charge in [0.25, 0.3) is 0 Å². The summed E-state index contributed by atoms with van der Waals surface area (Å²) in [5.41, 5.74) is 6.24. The van der Waals surface area contributed by atoms with E-state index in [4.69, 9.17) is 10.8 Å². The maximum Gasteiger partial charge on any atom is 0.151 e. The molecule has 2 rings (SSSR count). The molecule has 0 saturated carbocycles. The predicted octanol–water partition coefficient (Wildman–Crippen LogP) is -0.155. The normalized spacial score (nSPS) is 21.1. The zero-order valence-corrected chi connectivity index (χ0v) is 7.46. The van der Waals surface area contributed by atoms with E-state index in [1.54, 1.807) is 29.3 Å². The number of anilines is 1. The molecule has 1 aliphatic rings. The number of hydrazone groups is 1. The van der Waals surface area contributed by atoms with Gasteiger partial charge in [-0.15, -0.1) is 0 Å². The Hall–Kier alpha value is -1.75. The van der Waals surface area contributed by atoms with Crippen LogP contribution in [0.5, 0.6) is 5.75 Å². The van der Waals surface area contributed by atoms with Crippen LogP contribution in [0.1, 0.15) is 0 Å². The highest BCUT2D eigenvalue weighted by molar-refractivity contribution is 5.88. The molecule has 0 bridgehead atoms. The SMILES string of the molecule is NC1=NN(c2ccc(O)cc2)CC1O. The summed E-state index contributed by atoms with van der Waals surface area (Å²) in [5, 5.41) is 24.0. The summed E-state index contributed by atoms with van der Waals surface area (Å²) in [6, 6.07) is 6.55. The van der Waals surface area contributed by atoms with Gasteiger partial charge in [-0.25, -0.2) is 0 Å². The van der Waals surface area contributed by atoms with Crippen LogP contribution in [-0.4, -0.2) is 28.7 Å². The molecule has 4 N–H and O–H groups in total. The molecule has 0 saturated heterocycles. The van der Waals surface area contributed by atoms with Gasteiger partial charge in [0.15, 0.2) is 5.84 Å². The molecule has 0 spiro atoms. The highest BCUT2D eigenvalue weighted by atomic mass is 16.3. The van der Waals surface area contributed by atoms with Crippen molar-refractivity contribution in [1.82, 2.24) is 0 Å². The van der Waals surface area contributed by atoms with E-state index in [0.717, 1.165) is 5.69 Å². The Kier molecular flexibility index (Phi) is 2.01. The van der Waals surface area contributed by atoms with Crippen molar-refractivity contribution in [2.45, 2.75) is 6.10 Å². The zero-order valence-electron chi connectivity index (χ0n) is 7.46. The van der Waals surface area contributed by atoms with Crippen LogP contribution in [0.4, 0.5) is 5.69 Å². The number of nitrogens with two attached hydrogens (primary N) is 1. The lowest BCUT2D eigenvalue weighted by atomic mass is 10.3. The third kappa shape index (κ3) is 1.49. The molecule has 0 aliphatic carbocycles. The molecule has 1 aliphatic heterocycles. The van der Waals surface area contributed by atoms with E-state index in [-0.39, 0.29) is 11.6 Å². The van der Waals surface area contributed by atoms with Gasteiger partial charge in [-0.05, 0) is 24.3 Å². The lowest BCUT2D eigenvalue weighted by Gasteiger charge is -2.13. The fourth-order valence-corrected chi connectivity index (χ4v) is 1.29. The van der Waals surface area contributed by atoms with Gasteiger partial charge in [-0.2, -0.15) is 5.10 Å². The van der Waals surface area contributed by atoms with E-state index in [2.05, 4.69) is 5.10 Å². The number of hydrogen-bond donors (Lipinski definition) is 3. The van der Waals surface area contributed by atoms with E-state index >= 15 is 0 Å². The quantitative estimate of drug-likeness (QED) is 0.579. The largest absolute Gasteiger partial charge is 0.508 e. The van der Waals surface area contributed by atoms with Crippen molar-refractivity contribution in [2.75, 3.05) is 11.6 Å². The van der Waals surface area contributed by atoms with Gasteiger partial charge in [0.2, 0.25) is 0 Å². The monoisotopic (exact) mass is 193 g/mol. The van der Waals surface area contributed by atoms with Gasteiger partial charge < -0.3 is 15.9 Å². The van der Waals surface area contributed by atoms with Gasteiger partial charge in [-0.3, -0.25) is 5.01 Å². The second-order valence-corrected chi connectivity index (χ2v) is 3.14. The van der Waals surface area contributed by atoms with Crippen molar-refractivity contribution >= 4 is 11.5 Å². The molecular formula is C9H11N3O2.